The van der Waals surface area contributed by atoms with Crippen molar-refractivity contribution in [3.63, 3.8) is 0 Å². The maximum absolute atomic E-state index is 12.5. The third-order valence-electron chi connectivity index (χ3n) is 4.68. The van der Waals surface area contributed by atoms with Crippen molar-refractivity contribution in [3.8, 4) is 0 Å². The van der Waals surface area contributed by atoms with E-state index in [1.165, 1.54) is 4.90 Å². The van der Waals surface area contributed by atoms with Crippen molar-refractivity contribution in [1.82, 2.24) is 4.90 Å². The Labute approximate surface area is 159 Å². The van der Waals surface area contributed by atoms with Crippen LogP contribution in [0.25, 0.3) is 0 Å². The number of benzene rings is 2. The van der Waals surface area contributed by atoms with E-state index in [2.05, 4.69) is 30.5 Å². The number of anilines is 1. The van der Waals surface area contributed by atoms with Gasteiger partial charge in [-0.3, -0.25) is 9.59 Å². The molecule has 5 heteroatoms. The molecule has 0 spiro atoms. The van der Waals surface area contributed by atoms with Gasteiger partial charge < -0.3 is 9.80 Å². The lowest BCUT2D eigenvalue weighted by atomic mass is 10.1. The Balaban J connectivity index is 1.57. The van der Waals surface area contributed by atoms with Crippen molar-refractivity contribution >= 4 is 29.3 Å². The molecule has 0 saturated carbocycles. The summed E-state index contributed by atoms with van der Waals surface area (Å²) in [5.41, 5.74) is 3.02. The molecule has 2 amide bonds. The average Bonchev–Trinajstić information content (AvgIpc) is 3.09. The summed E-state index contributed by atoms with van der Waals surface area (Å²) in [6.07, 6.45) is 3.97. The van der Waals surface area contributed by atoms with Crippen LogP contribution in [0.5, 0.6) is 0 Å². The number of amides is 2. The quantitative estimate of drug-likeness (QED) is 0.730. The van der Waals surface area contributed by atoms with E-state index in [1.807, 2.05) is 36.2 Å². The second-order valence-electron chi connectivity index (χ2n) is 6.59. The molecular formula is C21H24N2O2S. The van der Waals surface area contributed by atoms with Gasteiger partial charge in [-0.05, 0) is 48.1 Å². The summed E-state index contributed by atoms with van der Waals surface area (Å²) < 4.78 is 0. The number of rotatable bonds is 6. The molecule has 0 bridgehead atoms. The number of thioether (sulfide) groups is 1. The summed E-state index contributed by atoms with van der Waals surface area (Å²) in [6.45, 7) is 1.39. The Bertz CT molecular complexity index is 772. The lowest BCUT2D eigenvalue weighted by Crippen LogP contribution is -2.27. The first-order valence-electron chi connectivity index (χ1n) is 8.83. The van der Waals surface area contributed by atoms with Crippen LogP contribution in [0.1, 0.15) is 24.0 Å². The van der Waals surface area contributed by atoms with E-state index in [-0.39, 0.29) is 11.8 Å². The van der Waals surface area contributed by atoms with E-state index < -0.39 is 0 Å². The number of likely N-dealkylation sites (N-methyl/N-ethyl adjacent to an activating group) is 1. The average molecular weight is 369 g/mol. The van der Waals surface area contributed by atoms with Crippen LogP contribution in [0.15, 0.2) is 53.4 Å². The number of hydrogen-bond acceptors (Lipinski definition) is 3. The second-order valence-corrected chi connectivity index (χ2v) is 7.47. The molecule has 4 nitrogen and oxygen atoms in total. The van der Waals surface area contributed by atoms with Crippen LogP contribution in [0.2, 0.25) is 0 Å². The molecule has 1 heterocycles. The zero-order valence-corrected chi connectivity index (χ0v) is 16.1. The van der Waals surface area contributed by atoms with Gasteiger partial charge in [0.1, 0.15) is 0 Å². The van der Waals surface area contributed by atoms with Crippen molar-refractivity contribution in [1.29, 1.82) is 0 Å². The molecule has 0 N–H and O–H groups in total. The Hall–Kier alpha value is -2.27. The normalized spacial score (nSPS) is 13.9. The molecular weight excluding hydrogens is 344 g/mol. The largest absolute Gasteiger partial charge is 0.341 e. The van der Waals surface area contributed by atoms with Gasteiger partial charge in [0.2, 0.25) is 11.8 Å². The predicted octanol–water partition coefficient (Wildman–Crippen LogP) is 3.74. The molecule has 3 rings (SSSR count). The summed E-state index contributed by atoms with van der Waals surface area (Å²) in [4.78, 5) is 29.1. The number of carbonyl (C=O) groups is 2. The topological polar surface area (TPSA) is 40.6 Å². The minimum Gasteiger partial charge on any atom is -0.341 e. The number of carbonyl (C=O) groups excluding carboxylic acids is 2. The Morgan fingerprint density at radius 1 is 1.08 bits per heavy atom. The van der Waals surface area contributed by atoms with E-state index in [0.717, 1.165) is 29.8 Å². The molecule has 0 atom stereocenters. The highest BCUT2D eigenvalue weighted by atomic mass is 32.2. The van der Waals surface area contributed by atoms with Crippen molar-refractivity contribution in [2.24, 2.45) is 0 Å². The predicted molar refractivity (Wildman–Crippen MR) is 106 cm³/mol. The molecule has 1 fully saturated rings. The summed E-state index contributed by atoms with van der Waals surface area (Å²) in [5.74, 6) is 0.269. The monoisotopic (exact) mass is 368 g/mol. The molecule has 0 aliphatic carbocycles. The van der Waals surface area contributed by atoms with Crippen LogP contribution in [0, 0.1) is 0 Å². The van der Waals surface area contributed by atoms with Crippen molar-refractivity contribution < 1.29 is 9.59 Å². The lowest BCUT2D eigenvalue weighted by molar-refractivity contribution is -0.129. The van der Waals surface area contributed by atoms with Gasteiger partial charge in [0.05, 0.1) is 6.42 Å². The van der Waals surface area contributed by atoms with Crippen LogP contribution in [0.3, 0.4) is 0 Å². The molecule has 26 heavy (non-hydrogen) atoms. The van der Waals surface area contributed by atoms with Crippen molar-refractivity contribution in [2.75, 3.05) is 24.7 Å². The zero-order valence-electron chi connectivity index (χ0n) is 15.3. The van der Waals surface area contributed by atoms with Gasteiger partial charge >= 0.3 is 0 Å². The fraction of sp³-hybridized carbons (Fsp3) is 0.333. The van der Waals surface area contributed by atoms with E-state index >= 15 is 0 Å². The van der Waals surface area contributed by atoms with Crippen LogP contribution in [-0.2, 0) is 22.6 Å². The molecule has 0 unspecified atom stereocenters. The van der Waals surface area contributed by atoms with E-state index in [9.17, 15) is 9.59 Å². The Morgan fingerprint density at radius 2 is 1.73 bits per heavy atom. The van der Waals surface area contributed by atoms with Gasteiger partial charge in [-0.1, -0.05) is 24.3 Å². The molecule has 2 aromatic carbocycles. The van der Waals surface area contributed by atoms with Crippen LogP contribution < -0.4 is 4.90 Å². The van der Waals surface area contributed by atoms with E-state index in [0.29, 0.717) is 19.4 Å². The summed E-state index contributed by atoms with van der Waals surface area (Å²) >= 11 is 1.71. The fourth-order valence-corrected chi connectivity index (χ4v) is 3.53. The Morgan fingerprint density at radius 3 is 2.31 bits per heavy atom. The first-order valence-corrected chi connectivity index (χ1v) is 10.1. The first kappa shape index (κ1) is 18.5. The molecule has 1 saturated heterocycles. The van der Waals surface area contributed by atoms with Crippen molar-refractivity contribution in [2.45, 2.75) is 30.7 Å². The minimum atomic E-state index is 0.0870. The summed E-state index contributed by atoms with van der Waals surface area (Å²) in [6, 6.07) is 16.1. The summed E-state index contributed by atoms with van der Waals surface area (Å²) in [5, 5.41) is 0. The summed E-state index contributed by atoms with van der Waals surface area (Å²) in [7, 11) is 1.84. The SMILES string of the molecule is CSc1ccc(CN(C)C(=O)Cc2ccc(N3CCCC3=O)cc2)cc1. The first-order chi connectivity index (χ1) is 12.6. The maximum Gasteiger partial charge on any atom is 0.227 e. The lowest BCUT2D eigenvalue weighted by Gasteiger charge is -2.18. The fourth-order valence-electron chi connectivity index (χ4n) is 3.12. The van der Waals surface area contributed by atoms with Gasteiger partial charge in [-0.25, -0.2) is 0 Å². The molecule has 0 aromatic heterocycles. The smallest absolute Gasteiger partial charge is 0.227 e. The Kier molecular flexibility index (Phi) is 5.99. The number of hydrogen-bond donors (Lipinski definition) is 0. The minimum absolute atomic E-state index is 0.0870. The maximum atomic E-state index is 12.5. The number of nitrogens with zero attached hydrogens (tertiary/aromatic N) is 2. The van der Waals surface area contributed by atoms with Crippen molar-refractivity contribution in [3.05, 3.63) is 59.7 Å². The van der Waals surface area contributed by atoms with E-state index in [4.69, 9.17) is 0 Å². The van der Waals surface area contributed by atoms with Gasteiger partial charge in [0, 0.05) is 37.1 Å². The zero-order chi connectivity index (χ0) is 18.5. The second kappa shape index (κ2) is 8.41. The third-order valence-corrected chi connectivity index (χ3v) is 5.42. The standard InChI is InChI=1S/C21H24N2O2S/c1-22(15-17-7-11-19(26-2)12-8-17)21(25)14-16-5-9-18(10-6-16)23-13-3-4-20(23)24/h5-12H,3-4,13-15H2,1-2H3. The van der Waals surface area contributed by atoms with Gasteiger partial charge in [0.15, 0.2) is 0 Å². The molecule has 136 valence electrons. The van der Waals surface area contributed by atoms with Gasteiger partial charge in [0.25, 0.3) is 0 Å². The highest BCUT2D eigenvalue weighted by Gasteiger charge is 2.21. The van der Waals surface area contributed by atoms with E-state index in [1.54, 1.807) is 16.7 Å². The van der Waals surface area contributed by atoms with Gasteiger partial charge in [-0.15, -0.1) is 11.8 Å². The van der Waals surface area contributed by atoms with Crippen LogP contribution in [-0.4, -0.2) is 36.6 Å². The highest BCUT2D eigenvalue weighted by molar-refractivity contribution is 7.98. The van der Waals surface area contributed by atoms with Crippen LogP contribution >= 0.6 is 11.8 Å². The van der Waals surface area contributed by atoms with Crippen LogP contribution in [0.4, 0.5) is 5.69 Å². The molecule has 1 aliphatic heterocycles. The molecule has 0 radical (unpaired) electrons. The molecule has 2 aromatic rings. The third kappa shape index (κ3) is 4.47. The van der Waals surface area contributed by atoms with Gasteiger partial charge in [-0.2, -0.15) is 0 Å². The highest BCUT2D eigenvalue weighted by Crippen LogP contribution is 2.22. The molecule has 1 aliphatic rings.